The molecule has 0 spiro atoms. The first-order valence-electron chi connectivity index (χ1n) is 11.6. The Balaban J connectivity index is 1.72. The lowest BCUT2D eigenvalue weighted by molar-refractivity contribution is -0.139. The molecule has 4 rings (SSSR count). The van der Waals surface area contributed by atoms with Crippen LogP contribution < -0.4 is 4.74 Å². The van der Waals surface area contributed by atoms with Crippen molar-refractivity contribution >= 4 is 17.4 Å². The number of hydrogen-bond acceptors (Lipinski definition) is 4. The van der Waals surface area contributed by atoms with Crippen molar-refractivity contribution in [1.29, 1.82) is 0 Å². The van der Waals surface area contributed by atoms with Crippen molar-refractivity contribution in [3.05, 3.63) is 107 Å². The van der Waals surface area contributed by atoms with E-state index in [-0.39, 0.29) is 11.3 Å². The number of aryl methyl sites for hydroxylation is 1. The van der Waals surface area contributed by atoms with E-state index in [1.807, 2.05) is 68.4 Å². The van der Waals surface area contributed by atoms with Crippen LogP contribution in [0.1, 0.15) is 41.6 Å². The zero-order valence-electron chi connectivity index (χ0n) is 19.5. The number of amides is 1. The summed E-state index contributed by atoms with van der Waals surface area (Å²) in [5, 5.41) is 11.2. The van der Waals surface area contributed by atoms with Gasteiger partial charge in [0.05, 0.1) is 18.2 Å². The van der Waals surface area contributed by atoms with Crippen LogP contribution in [0.25, 0.3) is 5.76 Å². The summed E-state index contributed by atoms with van der Waals surface area (Å²) in [4.78, 5) is 27.8. The van der Waals surface area contributed by atoms with Crippen LogP contribution >= 0.6 is 0 Å². The zero-order valence-corrected chi connectivity index (χ0v) is 19.5. The lowest BCUT2D eigenvalue weighted by Crippen LogP contribution is -2.31. The SMILES string of the molecule is CCCOc1ccc(/C(O)=C2\C(=O)C(=O)N(CCc3ccccc3)C2c2ccc(C)cc2)cc1. The molecular weight excluding hydrogens is 426 g/mol. The number of aliphatic hydroxyl groups excluding tert-OH is 1. The number of carbonyl (C=O) groups excluding carboxylic acids is 2. The number of Topliss-reactive ketones (excluding diaryl/α,β-unsaturated/α-hetero) is 1. The summed E-state index contributed by atoms with van der Waals surface area (Å²) in [5.74, 6) is -0.738. The van der Waals surface area contributed by atoms with E-state index in [1.165, 1.54) is 0 Å². The van der Waals surface area contributed by atoms with Gasteiger partial charge in [-0.15, -0.1) is 0 Å². The third kappa shape index (κ3) is 4.88. The van der Waals surface area contributed by atoms with Gasteiger partial charge >= 0.3 is 0 Å². The van der Waals surface area contributed by atoms with Gasteiger partial charge in [0.1, 0.15) is 11.5 Å². The molecule has 1 atom stereocenters. The summed E-state index contributed by atoms with van der Waals surface area (Å²) in [6.07, 6.45) is 1.50. The third-order valence-corrected chi connectivity index (χ3v) is 6.02. The fourth-order valence-corrected chi connectivity index (χ4v) is 4.18. The van der Waals surface area contributed by atoms with Crippen molar-refractivity contribution < 1.29 is 19.4 Å². The van der Waals surface area contributed by atoms with Crippen LogP contribution in [0.2, 0.25) is 0 Å². The quantitative estimate of drug-likeness (QED) is 0.279. The maximum Gasteiger partial charge on any atom is 0.295 e. The molecule has 1 N–H and O–H groups in total. The molecule has 1 aliphatic heterocycles. The number of aliphatic hydroxyl groups is 1. The number of carbonyl (C=O) groups is 2. The van der Waals surface area contributed by atoms with Crippen LogP contribution in [0.3, 0.4) is 0 Å². The van der Waals surface area contributed by atoms with Crippen LogP contribution in [0.4, 0.5) is 0 Å². The predicted octanol–water partition coefficient (Wildman–Crippen LogP) is 5.45. The number of benzene rings is 3. The third-order valence-electron chi connectivity index (χ3n) is 6.02. The second-order valence-electron chi connectivity index (χ2n) is 8.51. The largest absolute Gasteiger partial charge is 0.507 e. The Hall–Kier alpha value is -3.86. The highest BCUT2D eigenvalue weighted by atomic mass is 16.5. The fraction of sp³-hybridized carbons (Fsp3) is 0.241. The highest BCUT2D eigenvalue weighted by Crippen LogP contribution is 2.39. The zero-order chi connectivity index (χ0) is 24.1. The van der Waals surface area contributed by atoms with Crippen LogP contribution in [-0.2, 0) is 16.0 Å². The van der Waals surface area contributed by atoms with Gasteiger partial charge in [-0.05, 0) is 55.2 Å². The molecule has 0 bridgehead atoms. The van der Waals surface area contributed by atoms with E-state index >= 15 is 0 Å². The van der Waals surface area contributed by atoms with Crippen LogP contribution in [0.5, 0.6) is 5.75 Å². The van der Waals surface area contributed by atoms with Crippen molar-refractivity contribution in [1.82, 2.24) is 4.90 Å². The summed E-state index contributed by atoms with van der Waals surface area (Å²) < 4.78 is 5.62. The van der Waals surface area contributed by atoms with E-state index in [2.05, 4.69) is 0 Å². The number of rotatable bonds is 8. The number of ketones is 1. The molecular formula is C29H29NO4. The Kier molecular flexibility index (Phi) is 7.12. The lowest BCUT2D eigenvalue weighted by Gasteiger charge is -2.25. The Morgan fingerprint density at radius 3 is 2.26 bits per heavy atom. The van der Waals surface area contributed by atoms with Gasteiger partial charge in [0.2, 0.25) is 0 Å². The minimum atomic E-state index is -0.664. The van der Waals surface area contributed by atoms with E-state index in [0.717, 1.165) is 23.1 Å². The topological polar surface area (TPSA) is 66.8 Å². The van der Waals surface area contributed by atoms with Gasteiger partial charge in [-0.1, -0.05) is 67.1 Å². The molecule has 1 amide bonds. The highest BCUT2D eigenvalue weighted by Gasteiger charge is 2.45. The lowest BCUT2D eigenvalue weighted by atomic mass is 9.94. The summed E-state index contributed by atoms with van der Waals surface area (Å²) >= 11 is 0. The van der Waals surface area contributed by atoms with Crippen LogP contribution in [0.15, 0.2) is 84.4 Å². The molecule has 0 aliphatic carbocycles. The summed E-state index contributed by atoms with van der Waals surface area (Å²) in [5.41, 5.74) is 3.54. The van der Waals surface area contributed by atoms with Crippen LogP contribution in [-0.4, -0.2) is 34.8 Å². The number of nitrogens with zero attached hydrogens (tertiary/aromatic N) is 1. The Morgan fingerprint density at radius 2 is 1.62 bits per heavy atom. The minimum Gasteiger partial charge on any atom is -0.507 e. The predicted molar refractivity (Wildman–Crippen MR) is 133 cm³/mol. The molecule has 1 unspecified atom stereocenters. The molecule has 0 radical (unpaired) electrons. The first-order chi connectivity index (χ1) is 16.5. The number of likely N-dealkylation sites (tertiary alicyclic amines) is 1. The van der Waals surface area contributed by atoms with Crippen LogP contribution in [0, 0.1) is 6.92 Å². The molecule has 0 aromatic heterocycles. The Bertz CT molecular complexity index is 1180. The van der Waals surface area contributed by atoms with Crippen molar-refractivity contribution in [2.24, 2.45) is 0 Å². The van der Waals surface area contributed by atoms with Gasteiger partial charge in [0.15, 0.2) is 0 Å². The summed E-state index contributed by atoms with van der Waals surface area (Å²) in [6.45, 7) is 4.99. The fourth-order valence-electron chi connectivity index (χ4n) is 4.18. The molecule has 0 saturated carbocycles. The van der Waals surface area contributed by atoms with Gasteiger partial charge in [-0.3, -0.25) is 9.59 Å². The smallest absolute Gasteiger partial charge is 0.295 e. The van der Waals surface area contributed by atoms with E-state index in [1.54, 1.807) is 29.2 Å². The average molecular weight is 456 g/mol. The molecule has 1 fully saturated rings. The van der Waals surface area contributed by atoms with Gasteiger partial charge < -0.3 is 14.7 Å². The van der Waals surface area contributed by atoms with Gasteiger partial charge in [0.25, 0.3) is 11.7 Å². The second-order valence-corrected chi connectivity index (χ2v) is 8.51. The first kappa shape index (κ1) is 23.3. The first-order valence-corrected chi connectivity index (χ1v) is 11.6. The summed E-state index contributed by atoms with van der Waals surface area (Å²) in [7, 11) is 0. The van der Waals surface area contributed by atoms with Crippen molar-refractivity contribution in [2.75, 3.05) is 13.2 Å². The molecule has 5 heteroatoms. The van der Waals surface area contributed by atoms with Gasteiger partial charge in [-0.25, -0.2) is 0 Å². The second kappa shape index (κ2) is 10.4. The van der Waals surface area contributed by atoms with E-state index in [4.69, 9.17) is 4.74 Å². The van der Waals surface area contributed by atoms with E-state index in [0.29, 0.717) is 30.9 Å². The molecule has 3 aromatic rings. The van der Waals surface area contributed by atoms with Gasteiger partial charge in [0, 0.05) is 12.1 Å². The molecule has 1 saturated heterocycles. The molecule has 1 heterocycles. The Labute approximate surface area is 200 Å². The molecule has 5 nitrogen and oxygen atoms in total. The number of hydrogen-bond donors (Lipinski definition) is 1. The maximum atomic E-state index is 13.2. The van der Waals surface area contributed by atoms with Gasteiger partial charge in [-0.2, -0.15) is 0 Å². The Morgan fingerprint density at radius 1 is 0.941 bits per heavy atom. The molecule has 34 heavy (non-hydrogen) atoms. The monoisotopic (exact) mass is 455 g/mol. The van der Waals surface area contributed by atoms with Crippen molar-refractivity contribution in [3.8, 4) is 5.75 Å². The molecule has 174 valence electrons. The molecule has 3 aromatic carbocycles. The van der Waals surface area contributed by atoms with Crippen molar-refractivity contribution in [3.63, 3.8) is 0 Å². The maximum absolute atomic E-state index is 13.2. The minimum absolute atomic E-state index is 0.115. The van der Waals surface area contributed by atoms with E-state index in [9.17, 15) is 14.7 Å². The van der Waals surface area contributed by atoms with Crippen molar-refractivity contribution in [2.45, 2.75) is 32.7 Å². The summed E-state index contributed by atoms with van der Waals surface area (Å²) in [6, 6.07) is 23.9. The molecule has 1 aliphatic rings. The normalized spacial score (nSPS) is 17.2. The highest BCUT2D eigenvalue weighted by molar-refractivity contribution is 6.46. The van der Waals surface area contributed by atoms with E-state index < -0.39 is 17.7 Å². The standard InChI is InChI=1S/C29H29NO4/c1-3-19-34-24-15-13-23(14-16-24)27(31)25-26(22-11-9-20(2)10-12-22)30(29(33)28(25)32)18-17-21-7-5-4-6-8-21/h4-16,26,31H,3,17-19H2,1-2H3/b27-25+. The average Bonchev–Trinajstić information content (AvgIpc) is 3.12. The number of ether oxygens (including phenoxy) is 1.